The first-order valence-corrected chi connectivity index (χ1v) is 10.8. The van der Waals surface area contributed by atoms with E-state index in [4.69, 9.17) is 14.2 Å². The zero-order valence-electron chi connectivity index (χ0n) is 18.3. The molecule has 2 aliphatic rings. The molecule has 1 spiro atoms. The van der Waals surface area contributed by atoms with Gasteiger partial charge in [-0.1, -0.05) is 18.2 Å². The Kier molecular flexibility index (Phi) is 5.74. The van der Waals surface area contributed by atoms with Crippen molar-refractivity contribution in [2.45, 2.75) is 57.8 Å². The van der Waals surface area contributed by atoms with E-state index >= 15 is 0 Å². The monoisotopic (exact) mass is 409 g/mol. The van der Waals surface area contributed by atoms with E-state index in [-0.39, 0.29) is 23.7 Å². The molecule has 2 aliphatic heterocycles. The summed E-state index contributed by atoms with van der Waals surface area (Å²) in [6, 6.07) is 13.8. The molecule has 2 heterocycles. The third-order valence-electron chi connectivity index (χ3n) is 6.19. The lowest BCUT2D eigenvalue weighted by Gasteiger charge is -2.47. The molecule has 5 heteroatoms. The van der Waals surface area contributed by atoms with Gasteiger partial charge in [0.25, 0.3) is 5.91 Å². The zero-order valence-corrected chi connectivity index (χ0v) is 18.3. The molecule has 30 heavy (non-hydrogen) atoms. The van der Waals surface area contributed by atoms with Crippen molar-refractivity contribution in [3.05, 3.63) is 59.2 Å². The van der Waals surface area contributed by atoms with Gasteiger partial charge in [0.05, 0.1) is 19.3 Å². The van der Waals surface area contributed by atoms with E-state index in [9.17, 15) is 4.79 Å². The van der Waals surface area contributed by atoms with Gasteiger partial charge in [0.15, 0.2) is 0 Å². The highest BCUT2D eigenvalue weighted by molar-refractivity contribution is 5.94. The maximum Gasteiger partial charge on any atom is 0.253 e. The summed E-state index contributed by atoms with van der Waals surface area (Å²) in [5.41, 5.74) is 2.53. The van der Waals surface area contributed by atoms with E-state index in [0.29, 0.717) is 18.7 Å². The molecule has 4 rings (SSSR count). The van der Waals surface area contributed by atoms with E-state index in [0.717, 1.165) is 41.9 Å². The van der Waals surface area contributed by atoms with Crippen LogP contribution in [0.15, 0.2) is 42.5 Å². The van der Waals surface area contributed by atoms with Crippen LogP contribution in [-0.4, -0.2) is 42.7 Å². The fraction of sp³-hybridized carbons (Fsp3) is 0.480. The quantitative estimate of drug-likeness (QED) is 0.719. The lowest BCUT2D eigenvalue weighted by molar-refractivity contribution is -0.0872. The van der Waals surface area contributed by atoms with Crippen LogP contribution < -0.4 is 9.47 Å². The van der Waals surface area contributed by atoms with Crippen molar-refractivity contribution in [1.82, 2.24) is 4.90 Å². The summed E-state index contributed by atoms with van der Waals surface area (Å²) >= 11 is 0. The summed E-state index contributed by atoms with van der Waals surface area (Å²) in [5, 5.41) is 0. The summed E-state index contributed by atoms with van der Waals surface area (Å²) in [6.07, 6.45) is 2.62. The largest absolute Gasteiger partial charge is 0.496 e. The number of rotatable bonds is 4. The molecule has 2 aromatic carbocycles. The first-order chi connectivity index (χ1) is 14.4. The highest BCUT2D eigenvalue weighted by Gasteiger charge is 2.44. The molecule has 0 aromatic heterocycles. The SMILES string of the molecule is COc1ccc(C(=O)N2CCC3(CC2)CC(OC(C)C)c2ccccc2O3)cc1C. The van der Waals surface area contributed by atoms with Crippen LogP contribution in [0.1, 0.15) is 60.7 Å². The smallest absolute Gasteiger partial charge is 0.253 e. The molecule has 0 radical (unpaired) electrons. The highest BCUT2D eigenvalue weighted by Crippen LogP contribution is 2.46. The number of fused-ring (bicyclic) bond motifs is 1. The Labute approximate surface area is 178 Å². The van der Waals surface area contributed by atoms with Crippen LogP contribution in [-0.2, 0) is 4.74 Å². The normalized spacial score (nSPS) is 20.0. The Morgan fingerprint density at radius 2 is 1.90 bits per heavy atom. The Balaban J connectivity index is 1.48. The summed E-state index contributed by atoms with van der Waals surface area (Å²) in [6.45, 7) is 7.47. The van der Waals surface area contributed by atoms with Gasteiger partial charge < -0.3 is 19.1 Å². The Hall–Kier alpha value is -2.53. The molecule has 1 unspecified atom stereocenters. The molecule has 160 valence electrons. The summed E-state index contributed by atoms with van der Waals surface area (Å²) in [7, 11) is 1.65. The number of para-hydroxylation sites is 1. The molecule has 1 saturated heterocycles. The Morgan fingerprint density at radius 3 is 2.57 bits per heavy atom. The van der Waals surface area contributed by atoms with Crippen molar-refractivity contribution in [2.75, 3.05) is 20.2 Å². The number of carbonyl (C=O) groups is 1. The predicted molar refractivity (Wildman–Crippen MR) is 116 cm³/mol. The number of aryl methyl sites for hydroxylation is 1. The van der Waals surface area contributed by atoms with E-state index in [2.05, 4.69) is 19.9 Å². The minimum Gasteiger partial charge on any atom is -0.496 e. The lowest BCUT2D eigenvalue weighted by Crippen LogP contribution is -2.52. The van der Waals surface area contributed by atoms with Gasteiger partial charge in [-0.3, -0.25) is 4.79 Å². The first-order valence-electron chi connectivity index (χ1n) is 10.8. The fourth-order valence-corrected chi connectivity index (χ4v) is 4.63. The van der Waals surface area contributed by atoms with Crippen molar-refractivity contribution in [1.29, 1.82) is 0 Å². The number of carbonyl (C=O) groups excluding carboxylic acids is 1. The van der Waals surface area contributed by atoms with Gasteiger partial charge in [0.2, 0.25) is 0 Å². The van der Waals surface area contributed by atoms with Crippen LogP contribution in [0, 0.1) is 6.92 Å². The van der Waals surface area contributed by atoms with Gasteiger partial charge in [0.1, 0.15) is 17.1 Å². The van der Waals surface area contributed by atoms with Gasteiger partial charge >= 0.3 is 0 Å². The third kappa shape index (κ3) is 4.04. The van der Waals surface area contributed by atoms with Crippen LogP contribution >= 0.6 is 0 Å². The van der Waals surface area contributed by atoms with Gasteiger partial charge in [0, 0.05) is 43.5 Å². The van der Waals surface area contributed by atoms with Gasteiger partial charge in [-0.25, -0.2) is 0 Å². The van der Waals surface area contributed by atoms with Crippen molar-refractivity contribution in [3.63, 3.8) is 0 Å². The Bertz CT molecular complexity index is 915. The zero-order chi connectivity index (χ0) is 21.3. The third-order valence-corrected chi connectivity index (χ3v) is 6.19. The standard InChI is InChI=1S/C25H31NO4/c1-17(2)29-23-16-25(30-22-8-6-5-7-20(22)23)11-13-26(14-12-25)24(27)19-9-10-21(28-4)18(3)15-19/h5-10,15,17,23H,11-14,16H2,1-4H3. The van der Waals surface area contributed by atoms with Gasteiger partial charge in [-0.15, -0.1) is 0 Å². The molecular formula is C25H31NO4. The number of ether oxygens (including phenoxy) is 3. The second kappa shape index (κ2) is 8.31. The van der Waals surface area contributed by atoms with Crippen molar-refractivity contribution < 1.29 is 19.0 Å². The number of benzene rings is 2. The van der Waals surface area contributed by atoms with Crippen molar-refractivity contribution >= 4 is 5.91 Å². The molecule has 0 saturated carbocycles. The number of nitrogens with zero attached hydrogens (tertiary/aromatic N) is 1. The van der Waals surface area contributed by atoms with Crippen LogP contribution in [0.25, 0.3) is 0 Å². The highest BCUT2D eigenvalue weighted by atomic mass is 16.5. The van der Waals surface area contributed by atoms with Crippen molar-refractivity contribution in [2.24, 2.45) is 0 Å². The summed E-state index contributed by atoms with van der Waals surface area (Å²) < 4.78 is 18.1. The number of methoxy groups -OCH3 is 1. The minimum atomic E-state index is -0.277. The van der Waals surface area contributed by atoms with E-state index < -0.39 is 0 Å². The summed E-state index contributed by atoms with van der Waals surface area (Å²) in [4.78, 5) is 15.0. The van der Waals surface area contributed by atoms with Gasteiger partial charge in [-0.2, -0.15) is 0 Å². The van der Waals surface area contributed by atoms with Crippen LogP contribution in [0.4, 0.5) is 0 Å². The number of amides is 1. The molecule has 0 aliphatic carbocycles. The second-order valence-electron chi connectivity index (χ2n) is 8.68. The number of hydrogen-bond donors (Lipinski definition) is 0. The molecule has 1 atom stereocenters. The molecule has 0 N–H and O–H groups in total. The molecular weight excluding hydrogens is 378 g/mol. The average Bonchev–Trinajstić information content (AvgIpc) is 2.73. The van der Waals surface area contributed by atoms with Crippen LogP contribution in [0.5, 0.6) is 11.5 Å². The average molecular weight is 410 g/mol. The van der Waals surface area contributed by atoms with Crippen LogP contribution in [0.2, 0.25) is 0 Å². The number of likely N-dealkylation sites (tertiary alicyclic amines) is 1. The molecule has 2 aromatic rings. The Morgan fingerprint density at radius 1 is 1.17 bits per heavy atom. The fourth-order valence-electron chi connectivity index (χ4n) is 4.63. The second-order valence-corrected chi connectivity index (χ2v) is 8.68. The van der Waals surface area contributed by atoms with Crippen molar-refractivity contribution in [3.8, 4) is 11.5 Å². The maximum absolute atomic E-state index is 13.1. The predicted octanol–water partition coefficient (Wildman–Crippen LogP) is 4.93. The number of piperidine rings is 1. The molecule has 5 nitrogen and oxygen atoms in total. The van der Waals surface area contributed by atoms with E-state index in [1.807, 2.05) is 48.2 Å². The molecule has 0 bridgehead atoms. The number of hydrogen-bond acceptors (Lipinski definition) is 4. The lowest BCUT2D eigenvalue weighted by atomic mass is 9.81. The molecule has 1 amide bonds. The first kappa shape index (κ1) is 20.7. The van der Waals surface area contributed by atoms with E-state index in [1.54, 1.807) is 7.11 Å². The maximum atomic E-state index is 13.1. The van der Waals surface area contributed by atoms with E-state index in [1.165, 1.54) is 0 Å². The topological polar surface area (TPSA) is 48.0 Å². The van der Waals surface area contributed by atoms with Crippen LogP contribution in [0.3, 0.4) is 0 Å². The minimum absolute atomic E-state index is 0.0291. The summed E-state index contributed by atoms with van der Waals surface area (Å²) in [5.74, 6) is 1.79. The molecule has 1 fully saturated rings. The van der Waals surface area contributed by atoms with Gasteiger partial charge in [-0.05, 0) is 50.6 Å².